The van der Waals surface area contributed by atoms with Gasteiger partial charge in [-0.2, -0.15) is 11.8 Å². The van der Waals surface area contributed by atoms with Gasteiger partial charge in [0.1, 0.15) is 0 Å². The number of hydrogen-bond acceptors (Lipinski definition) is 1. The minimum atomic E-state index is 0. The van der Waals surface area contributed by atoms with Gasteiger partial charge in [-0.1, -0.05) is 26.7 Å². The van der Waals surface area contributed by atoms with Gasteiger partial charge in [-0.05, 0) is 24.3 Å². The Morgan fingerprint density at radius 2 is 1.40 bits per heavy atom. The van der Waals surface area contributed by atoms with Crippen molar-refractivity contribution in [2.24, 2.45) is 0 Å². The van der Waals surface area contributed by atoms with Gasteiger partial charge in [-0.3, -0.25) is 0 Å². The van der Waals surface area contributed by atoms with E-state index in [-0.39, 0.29) is 20.3 Å². The van der Waals surface area contributed by atoms with E-state index in [1.165, 1.54) is 37.2 Å². The van der Waals surface area contributed by atoms with Gasteiger partial charge in [0.2, 0.25) is 0 Å². The third-order valence-corrected chi connectivity index (χ3v) is 2.44. The van der Waals surface area contributed by atoms with Crippen molar-refractivity contribution >= 4 is 11.8 Å². The average molecular weight is 154 g/mol. The van der Waals surface area contributed by atoms with Crippen LogP contribution in [0.2, 0.25) is 0 Å². The summed E-state index contributed by atoms with van der Waals surface area (Å²) in [6.07, 6.45) is 5.49. The van der Waals surface area contributed by atoms with Crippen molar-refractivity contribution in [3.63, 3.8) is 0 Å². The Kier molecular flexibility index (Phi) is 17.1. The predicted octanol–water partition coefficient (Wildman–Crippen LogP) is 0.436. The molecule has 0 aromatic carbocycles. The molecule has 0 aromatic heterocycles. The van der Waals surface area contributed by atoms with Gasteiger partial charge in [0.05, 0.1) is 0 Å². The third-order valence-electron chi connectivity index (χ3n) is 1.28. The van der Waals surface area contributed by atoms with Crippen LogP contribution in [0.1, 0.15) is 41.0 Å². The molecular weight excluding hydrogens is 135 g/mol. The van der Waals surface area contributed by atoms with E-state index in [4.69, 9.17) is 0 Å². The number of hydrogen-bond donors (Lipinski definition) is 0. The Hall–Kier alpha value is 0.947. The van der Waals surface area contributed by atoms with Crippen molar-refractivity contribution in [1.82, 2.24) is 0 Å². The summed E-state index contributed by atoms with van der Waals surface area (Å²) in [5.41, 5.74) is 0. The van der Waals surface area contributed by atoms with Crippen LogP contribution in [0.5, 0.6) is 0 Å². The molecule has 0 N–H and O–H groups in total. The maximum atomic E-state index is 2.25. The van der Waals surface area contributed by atoms with E-state index in [9.17, 15) is 0 Å². The zero-order valence-corrected chi connectivity index (χ0v) is 8.47. The van der Waals surface area contributed by atoms with Gasteiger partial charge in [0.25, 0.3) is 0 Å². The largest absolute Gasteiger partial charge is 1.00 e. The Balaban J connectivity index is -0.000000320. The van der Waals surface area contributed by atoms with Crippen LogP contribution < -0.4 is 18.9 Å². The fourth-order valence-corrected chi connectivity index (χ4v) is 1.78. The minimum Gasteiger partial charge on any atom is -1.00 e. The quantitative estimate of drug-likeness (QED) is 0.395. The van der Waals surface area contributed by atoms with Gasteiger partial charge in [-0.25, -0.2) is 0 Å². The van der Waals surface area contributed by atoms with Crippen molar-refractivity contribution in [1.29, 1.82) is 0 Å². The van der Waals surface area contributed by atoms with E-state index in [0.717, 1.165) is 0 Å². The molecule has 0 spiro atoms. The number of thioether (sulfide) groups is 1. The molecule has 0 amide bonds. The van der Waals surface area contributed by atoms with Crippen molar-refractivity contribution in [2.45, 2.75) is 39.5 Å². The van der Waals surface area contributed by atoms with E-state index in [1.807, 2.05) is 0 Å². The maximum Gasteiger partial charge on any atom is 1.00 e. The van der Waals surface area contributed by atoms with E-state index in [0.29, 0.717) is 0 Å². The summed E-state index contributed by atoms with van der Waals surface area (Å²) in [4.78, 5) is 0. The molecule has 0 saturated carbocycles. The molecule has 0 rings (SSSR count). The predicted molar refractivity (Wildman–Crippen MR) is 48.3 cm³/mol. The normalized spacial score (nSPS) is 9.00. The van der Waals surface area contributed by atoms with Crippen molar-refractivity contribution < 1.29 is 20.3 Å². The molecule has 0 bridgehead atoms. The molecule has 2 heteroatoms. The van der Waals surface area contributed by atoms with Crippen LogP contribution in [0.25, 0.3) is 0 Å². The van der Waals surface area contributed by atoms with Crippen LogP contribution >= 0.6 is 11.8 Å². The van der Waals surface area contributed by atoms with Crippen LogP contribution in [0.3, 0.4) is 0 Å². The maximum absolute atomic E-state index is 2.25. The Labute approximate surface area is 83.2 Å². The van der Waals surface area contributed by atoms with Crippen molar-refractivity contribution in [3.8, 4) is 0 Å². The summed E-state index contributed by atoms with van der Waals surface area (Å²) in [5.74, 6) is 2.74. The second-order valence-electron chi connectivity index (χ2n) is 2.32. The molecule has 0 fully saturated rings. The molecule has 0 aliphatic rings. The zero-order chi connectivity index (χ0) is 6.95. The summed E-state index contributed by atoms with van der Waals surface area (Å²) in [6, 6.07) is 0. The SMILES string of the molecule is CCCCSCCCC.[H-].[Li+]. The molecular formula is C8H19LiS. The molecule has 58 valence electrons. The van der Waals surface area contributed by atoms with Crippen LogP contribution in [0.4, 0.5) is 0 Å². The van der Waals surface area contributed by atoms with E-state index < -0.39 is 0 Å². The van der Waals surface area contributed by atoms with Crippen LogP contribution in [-0.4, -0.2) is 11.5 Å². The average Bonchev–Trinajstić information content (AvgIpc) is 1.89. The molecule has 0 unspecified atom stereocenters. The van der Waals surface area contributed by atoms with Gasteiger partial charge >= 0.3 is 18.9 Å². The molecule has 0 aliphatic carbocycles. The Morgan fingerprint density at radius 3 is 1.70 bits per heavy atom. The summed E-state index contributed by atoms with van der Waals surface area (Å²) < 4.78 is 0. The van der Waals surface area contributed by atoms with E-state index >= 15 is 0 Å². The first kappa shape index (κ1) is 13.5. The Morgan fingerprint density at radius 1 is 1.00 bits per heavy atom. The molecule has 0 aliphatic heterocycles. The van der Waals surface area contributed by atoms with Gasteiger partial charge in [-0.15, -0.1) is 0 Å². The second-order valence-corrected chi connectivity index (χ2v) is 3.54. The molecule has 0 saturated heterocycles. The van der Waals surface area contributed by atoms with Crippen LogP contribution in [-0.2, 0) is 0 Å². The fraction of sp³-hybridized carbons (Fsp3) is 1.00. The standard InChI is InChI=1S/C8H18S.Li.H/c1-3-5-7-9-8-6-4-2;;/h3-8H2,1-2H3;;/q;+1;-1. The Bertz CT molecular complexity index is 47.4. The third kappa shape index (κ3) is 11.7. The van der Waals surface area contributed by atoms with E-state index in [1.54, 1.807) is 0 Å². The monoisotopic (exact) mass is 154 g/mol. The first-order valence-electron chi connectivity index (χ1n) is 3.99. The fourth-order valence-electron chi connectivity index (χ4n) is 0.595. The molecule has 0 atom stereocenters. The zero-order valence-electron chi connectivity index (χ0n) is 8.65. The molecule has 0 nitrogen and oxygen atoms in total. The second kappa shape index (κ2) is 12.6. The van der Waals surface area contributed by atoms with E-state index in [2.05, 4.69) is 25.6 Å². The van der Waals surface area contributed by atoms with Crippen molar-refractivity contribution in [2.75, 3.05) is 11.5 Å². The molecule has 0 heterocycles. The van der Waals surface area contributed by atoms with Gasteiger partial charge in [0, 0.05) is 0 Å². The summed E-state index contributed by atoms with van der Waals surface area (Å²) in [7, 11) is 0. The first-order valence-corrected chi connectivity index (χ1v) is 5.15. The van der Waals surface area contributed by atoms with Crippen molar-refractivity contribution in [3.05, 3.63) is 0 Å². The van der Waals surface area contributed by atoms with Gasteiger partial charge in [0.15, 0.2) is 0 Å². The first-order chi connectivity index (χ1) is 4.41. The summed E-state index contributed by atoms with van der Waals surface area (Å²) in [5, 5.41) is 0. The number of unbranched alkanes of at least 4 members (excludes halogenated alkanes) is 2. The molecule has 0 aromatic rings. The summed E-state index contributed by atoms with van der Waals surface area (Å²) in [6.45, 7) is 4.50. The molecule has 10 heavy (non-hydrogen) atoms. The minimum absolute atomic E-state index is 0. The molecule has 0 radical (unpaired) electrons. The smallest absolute Gasteiger partial charge is 1.00 e. The van der Waals surface area contributed by atoms with Gasteiger partial charge < -0.3 is 1.43 Å². The topological polar surface area (TPSA) is 0 Å². The number of rotatable bonds is 6. The van der Waals surface area contributed by atoms with Crippen LogP contribution in [0, 0.1) is 0 Å². The summed E-state index contributed by atoms with van der Waals surface area (Å²) >= 11 is 2.10. The van der Waals surface area contributed by atoms with Crippen LogP contribution in [0.15, 0.2) is 0 Å².